The highest BCUT2D eigenvalue weighted by atomic mass is 32.2. The van der Waals surface area contributed by atoms with Crippen LogP contribution >= 0.6 is 11.8 Å². The Balaban J connectivity index is 1.73. The average molecular weight is 310 g/mol. The summed E-state index contributed by atoms with van der Waals surface area (Å²) in [7, 11) is 0. The van der Waals surface area contributed by atoms with E-state index in [-0.39, 0.29) is 5.91 Å². The molecule has 0 saturated heterocycles. The average Bonchev–Trinajstić information content (AvgIpc) is 3.07. The number of hydrogen-bond acceptors (Lipinski definition) is 4. The van der Waals surface area contributed by atoms with Gasteiger partial charge >= 0.3 is 0 Å². The van der Waals surface area contributed by atoms with Crippen molar-refractivity contribution in [2.45, 2.75) is 10.6 Å². The zero-order chi connectivity index (χ0) is 15.2. The SMILES string of the molecule is O=C(Nc1ncn[nH]1)c1ccccc1SCc1ccccc1. The molecule has 1 aromatic heterocycles. The van der Waals surface area contributed by atoms with Gasteiger partial charge in [-0.3, -0.25) is 10.1 Å². The van der Waals surface area contributed by atoms with E-state index < -0.39 is 0 Å². The summed E-state index contributed by atoms with van der Waals surface area (Å²) in [4.78, 5) is 17.2. The number of benzene rings is 2. The minimum atomic E-state index is -0.201. The van der Waals surface area contributed by atoms with Crippen LogP contribution in [0.4, 0.5) is 5.95 Å². The summed E-state index contributed by atoms with van der Waals surface area (Å²) in [5.41, 5.74) is 1.85. The first kappa shape index (κ1) is 14.3. The van der Waals surface area contributed by atoms with E-state index in [4.69, 9.17) is 0 Å². The maximum Gasteiger partial charge on any atom is 0.259 e. The van der Waals surface area contributed by atoms with Gasteiger partial charge in [0.25, 0.3) is 5.91 Å². The summed E-state index contributed by atoms with van der Waals surface area (Å²) in [6, 6.07) is 17.7. The van der Waals surface area contributed by atoms with Gasteiger partial charge < -0.3 is 0 Å². The Bertz CT molecular complexity index is 744. The lowest BCUT2D eigenvalue weighted by Crippen LogP contribution is -2.14. The Hall–Kier alpha value is -2.60. The smallest absolute Gasteiger partial charge is 0.259 e. The first-order valence-electron chi connectivity index (χ1n) is 6.75. The molecule has 6 heteroatoms. The molecule has 0 unspecified atom stereocenters. The molecule has 1 amide bonds. The van der Waals surface area contributed by atoms with Crippen LogP contribution < -0.4 is 5.32 Å². The number of nitrogens with one attached hydrogen (secondary N) is 2. The summed E-state index contributed by atoms with van der Waals surface area (Å²) < 4.78 is 0. The second-order valence-corrected chi connectivity index (χ2v) is 5.58. The lowest BCUT2D eigenvalue weighted by molar-refractivity contribution is 0.102. The van der Waals surface area contributed by atoms with E-state index in [2.05, 4.69) is 32.6 Å². The van der Waals surface area contributed by atoms with Gasteiger partial charge in [-0.15, -0.1) is 11.8 Å². The molecule has 5 nitrogen and oxygen atoms in total. The Morgan fingerprint density at radius 3 is 2.64 bits per heavy atom. The molecule has 0 fully saturated rings. The number of amides is 1. The number of nitrogens with zero attached hydrogens (tertiary/aromatic N) is 2. The summed E-state index contributed by atoms with van der Waals surface area (Å²) in [6.45, 7) is 0. The summed E-state index contributed by atoms with van der Waals surface area (Å²) in [5, 5.41) is 9.02. The minimum absolute atomic E-state index is 0.201. The van der Waals surface area contributed by atoms with Crippen LogP contribution in [0.25, 0.3) is 0 Å². The number of aromatic nitrogens is 3. The van der Waals surface area contributed by atoms with Gasteiger partial charge in [0, 0.05) is 10.6 Å². The summed E-state index contributed by atoms with van der Waals surface area (Å²) >= 11 is 1.63. The van der Waals surface area contributed by atoms with Gasteiger partial charge in [-0.2, -0.15) is 10.1 Å². The Morgan fingerprint density at radius 1 is 1.09 bits per heavy atom. The van der Waals surface area contributed by atoms with Crippen molar-refractivity contribution in [3.8, 4) is 0 Å². The van der Waals surface area contributed by atoms with Gasteiger partial charge in [0.05, 0.1) is 5.56 Å². The van der Waals surface area contributed by atoms with Gasteiger partial charge in [0.1, 0.15) is 6.33 Å². The molecule has 0 aliphatic carbocycles. The molecule has 0 radical (unpaired) electrons. The fourth-order valence-electron chi connectivity index (χ4n) is 1.96. The fraction of sp³-hybridized carbons (Fsp3) is 0.0625. The summed E-state index contributed by atoms with van der Waals surface area (Å²) in [6.07, 6.45) is 1.35. The molecule has 3 rings (SSSR count). The number of aromatic amines is 1. The van der Waals surface area contributed by atoms with Gasteiger partial charge in [-0.25, -0.2) is 5.10 Å². The zero-order valence-corrected chi connectivity index (χ0v) is 12.5. The highest BCUT2D eigenvalue weighted by Crippen LogP contribution is 2.26. The van der Waals surface area contributed by atoms with Crippen LogP contribution in [0.3, 0.4) is 0 Å². The van der Waals surface area contributed by atoms with Gasteiger partial charge in [-0.05, 0) is 17.7 Å². The van der Waals surface area contributed by atoms with Crippen LogP contribution in [0.1, 0.15) is 15.9 Å². The van der Waals surface area contributed by atoms with E-state index in [1.54, 1.807) is 17.8 Å². The highest BCUT2D eigenvalue weighted by molar-refractivity contribution is 7.98. The molecule has 0 bridgehead atoms. The first-order chi connectivity index (χ1) is 10.8. The van der Waals surface area contributed by atoms with Crippen molar-refractivity contribution in [3.05, 3.63) is 72.1 Å². The maximum absolute atomic E-state index is 12.3. The number of anilines is 1. The van der Waals surface area contributed by atoms with Crippen LogP contribution in [0.5, 0.6) is 0 Å². The van der Waals surface area contributed by atoms with Crippen molar-refractivity contribution in [1.82, 2.24) is 15.2 Å². The molecule has 0 atom stereocenters. The number of hydrogen-bond donors (Lipinski definition) is 2. The van der Waals surface area contributed by atoms with Gasteiger partial charge in [0.15, 0.2) is 0 Å². The Morgan fingerprint density at radius 2 is 1.86 bits per heavy atom. The Labute approximate surface area is 132 Å². The third-order valence-electron chi connectivity index (χ3n) is 3.02. The number of rotatable bonds is 5. The quantitative estimate of drug-likeness (QED) is 0.709. The molecule has 1 heterocycles. The van der Waals surface area contributed by atoms with Crippen molar-refractivity contribution in [2.75, 3.05) is 5.32 Å². The molecule has 0 aliphatic heterocycles. The number of carbonyl (C=O) groups excluding carboxylic acids is 1. The van der Waals surface area contributed by atoms with E-state index in [0.29, 0.717) is 11.5 Å². The second kappa shape index (κ2) is 6.91. The van der Waals surface area contributed by atoms with E-state index >= 15 is 0 Å². The molecule has 0 aliphatic rings. The van der Waals surface area contributed by atoms with Crippen molar-refractivity contribution >= 4 is 23.6 Å². The van der Waals surface area contributed by atoms with E-state index in [1.807, 2.05) is 36.4 Å². The number of thioether (sulfide) groups is 1. The lowest BCUT2D eigenvalue weighted by Gasteiger charge is -2.08. The maximum atomic E-state index is 12.3. The molecule has 3 aromatic rings. The van der Waals surface area contributed by atoms with Crippen molar-refractivity contribution < 1.29 is 4.79 Å². The normalized spacial score (nSPS) is 10.4. The molecule has 0 saturated carbocycles. The minimum Gasteiger partial charge on any atom is -0.291 e. The van der Waals surface area contributed by atoms with Crippen molar-refractivity contribution in [1.29, 1.82) is 0 Å². The fourth-order valence-corrected chi connectivity index (χ4v) is 2.96. The third-order valence-corrected chi connectivity index (χ3v) is 4.16. The van der Waals surface area contributed by atoms with Gasteiger partial charge in [0.2, 0.25) is 5.95 Å². The highest BCUT2D eigenvalue weighted by Gasteiger charge is 2.12. The first-order valence-corrected chi connectivity index (χ1v) is 7.74. The van der Waals surface area contributed by atoms with E-state index in [1.165, 1.54) is 11.9 Å². The van der Waals surface area contributed by atoms with Crippen LogP contribution in [0.15, 0.2) is 65.8 Å². The van der Waals surface area contributed by atoms with E-state index in [0.717, 1.165) is 10.6 Å². The predicted octanol–water partition coefficient (Wildman–Crippen LogP) is 3.35. The number of H-pyrrole nitrogens is 1. The molecule has 110 valence electrons. The van der Waals surface area contributed by atoms with Crippen molar-refractivity contribution in [2.24, 2.45) is 0 Å². The Kier molecular flexibility index (Phi) is 4.50. The molecule has 0 spiro atoms. The van der Waals surface area contributed by atoms with E-state index in [9.17, 15) is 4.79 Å². The molecule has 2 N–H and O–H groups in total. The van der Waals surface area contributed by atoms with Gasteiger partial charge in [-0.1, -0.05) is 42.5 Å². The molecular weight excluding hydrogens is 296 g/mol. The van der Waals surface area contributed by atoms with Crippen LogP contribution in [0, 0.1) is 0 Å². The second-order valence-electron chi connectivity index (χ2n) is 4.56. The third kappa shape index (κ3) is 3.53. The molecular formula is C16H14N4OS. The molecule has 2 aromatic carbocycles. The van der Waals surface area contributed by atoms with Crippen LogP contribution in [0.2, 0.25) is 0 Å². The largest absolute Gasteiger partial charge is 0.291 e. The molecule has 22 heavy (non-hydrogen) atoms. The number of carbonyl (C=O) groups is 1. The standard InChI is InChI=1S/C16H14N4OS/c21-15(19-16-17-11-18-20-16)13-8-4-5-9-14(13)22-10-12-6-2-1-3-7-12/h1-9,11H,10H2,(H2,17,18,19,20,21). The van der Waals surface area contributed by atoms with Crippen LogP contribution in [-0.4, -0.2) is 21.1 Å². The van der Waals surface area contributed by atoms with Crippen molar-refractivity contribution in [3.63, 3.8) is 0 Å². The monoisotopic (exact) mass is 310 g/mol. The van der Waals surface area contributed by atoms with Crippen LogP contribution in [-0.2, 0) is 5.75 Å². The summed E-state index contributed by atoms with van der Waals surface area (Å²) in [5.74, 6) is 0.953. The predicted molar refractivity (Wildman–Crippen MR) is 86.8 cm³/mol. The zero-order valence-electron chi connectivity index (χ0n) is 11.7. The lowest BCUT2D eigenvalue weighted by atomic mass is 10.2. The topological polar surface area (TPSA) is 70.7 Å².